The van der Waals surface area contributed by atoms with Crippen LogP contribution >= 0.6 is 0 Å². The molecule has 0 aliphatic rings. The lowest BCUT2D eigenvalue weighted by Gasteiger charge is -2.06. The van der Waals surface area contributed by atoms with Crippen LogP contribution in [0.25, 0.3) is 0 Å². The number of benzene rings is 1. The average Bonchev–Trinajstić information content (AvgIpc) is 2.09. The molecule has 1 aromatic carbocycles. The van der Waals surface area contributed by atoms with E-state index in [1.807, 2.05) is 44.2 Å². The van der Waals surface area contributed by atoms with E-state index in [4.69, 9.17) is 10.5 Å². The Balaban J connectivity index is 2.66. The molecule has 1 rings (SSSR count). The summed E-state index contributed by atoms with van der Waals surface area (Å²) < 4.78 is 5.42. The van der Waals surface area contributed by atoms with Crippen LogP contribution in [0.1, 0.15) is 12.5 Å². The van der Waals surface area contributed by atoms with Gasteiger partial charge in [0.2, 0.25) is 0 Å². The molecule has 0 spiro atoms. The van der Waals surface area contributed by atoms with Gasteiger partial charge in [-0.3, -0.25) is 0 Å². The normalized spacial score (nSPS) is 10.6. The number of anilines is 1. The summed E-state index contributed by atoms with van der Waals surface area (Å²) in [7, 11) is 0. The highest BCUT2D eigenvalue weighted by Crippen LogP contribution is 2.21. The zero-order valence-corrected chi connectivity index (χ0v) is 8.08. The zero-order chi connectivity index (χ0) is 9.68. The van der Waals surface area contributed by atoms with E-state index in [1.165, 1.54) is 0 Å². The minimum absolute atomic E-state index is 0.573. The van der Waals surface area contributed by atoms with Gasteiger partial charge in [-0.2, -0.15) is 0 Å². The maximum atomic E-state index is 5.75. The van der Waals surface area contributed by atoms with Gasteiger partial charge in [0.05, 0.1) is 5.69 Å². The minimum Gasteiger partial charge on any atom is -0.487 e. The monoisotopic (exact) mass is 177 g/mol. The molecule has 13 heavy (non-hydrogen) atoms. The smallest absolute Gasteiger partial charge is 0.142 e. The van der Waals surface area contributed by atoms with Crippen molar-refractivity contribution in [1.82, 2.24) is 0 Å². The van der Waals surface area contributed by atoms with Gasteiger partial charge in [0, 0.05) is 0 Å². The molecular weight excluding hydrogens is 162 g/mol. The van der Waals surface area contributed by atoms with Gasteiger partial charge >= 0.3 is 0 Å². The van der Waals surface area contributed by atoms with Gasteiger partial charge in [-0.25, -0.2) is 0 Å². The largest absolute Gasteiger partial charge is 0.487 e. The Morgan fingerprint density at radius 3 is 2.85 bits per heavy atom. The maximum Gasteiger partial charge on any atom is 0.142 e. The highest BCUT2D eigenvalue weighted by molar-refractivity contribution is 5.54. The predicted molar refractivity (Wildman–Crippen MR) is 55.9 cm³/mol. The molecule has 0 saturated heterocycles. The molecule has 2 nitrogen and oxygen atoms in total. The number of allylic oxidation sites excluding steroid dienone is 1. The van der Waals surface area contributed by atoms with Crippen LogP contribution < -0.4 is 10.5 Å². The van der Waals surface area contributed by atoms with Gasteiger partial charge < -0.3 is 10.5 Å². The summed E-state index contributed by atoms with van der Waals surface area (Å²) in [6.07, 6.45) is 3.89. The highest BCUT2D eigenvalue weighted by atomic mass is 16.5. The Labute approximate surface area is 79.0 Å². The molecule has 1 aromatic rings. The van der Waals surface area contributed by atoms with Gasteiger partial charge in [-0.1, -0.05) is 18.2 Å². The summed E-state index contributed by atoms with van der Waals surface area (Å²) >= 11 is 0. The van der Waals surface area contributed by atoms with E-state index in [1.54, 1.807) is 0 Å². The molecule has 0 aliphatic heterocycles. The van der Waals surface area contributed by atoms with E-state index in [0.29, 0.717) is 12.3 Å². The Hall–Kier alpha value is -1.44. The van der Waals surface area contributed by atoms with Crippen molar-refractivity contribution >= 4 is 5.69 Å². The first-order valence-corrected chi connectivity index (χ1v) is 4.34. The number of rotatable bonds is 3. The van der Waals surface area contributed by atoms with Crippen molar-refractivity contribution in [3.8, 4) is 5.75 Å². The van der Waals surface area contributed by atoms with Crippen molar-refractivity contribution in [2.24, 2.45) is 0 Å². The Kier molecular flexibility index (Phi) is 3.38. The summed E-state index contributed by atoms with van der Waals surface area (Å²) in [6, 6.07) is 5.79. The lowest BCUT2D eigenvalue weighted by molar-refractivity contribution is 0.364. The van der Waals surface area contributed by atoms with Crippen LogP contribution in [0.3, 0.4) is 0 Å². The third kappa shape index (κ3) is 2.82. The molecule has 0 radical (unpaired) electrons. The van der Waals surface area contributed by atoms with Crippen molar-refractivity contribution in [3.05, 3.63) is 35.9 Å². The first-order valence-electron chi connectivity index (χ1n) is 4.34. The maximum absolute atomic E-state index is 5.75. The van der Waals surface area contributed by atoms with Gasteiger partial charge in [-0.05, 0) is 31.5 Å². The number of aryl methyl sites for hydroxylation is 1. The van der Waals surface area contributed by atoms with E-state index < -0.39 is 0 Å². The van der Waals surface area contributed by atoms with E-state index in [9.17, 15) is 0 Å². The van der Waals surface area contributed by atoms with Gasteiger partial charge in [0.15, 0.2) is 0 Å². The summed E-state index contributed by atoms with van der Waals surface area (Å²) in [6.45, 7) is 4.54. The number of hydrogen-bond donors (Lipinski definition) is 1. The highest BCUT2D eigenvalue weighted by Gasteiger charge is 1.97. The fourth-order valence-electron chi connectivity index (χ4n) is 1.03. The summed E-state index contributed by atoms with van der Waals surface area (Å²) in [5.41, 5.74) is 7.60. The fraction of sp³-hybridized carbons (Fsp3) is 0.273. The van der Waals surface area contributed by atoms with Gasteiger partial charge in [0.25, 0.3) is 0 Å². The predicted octanol–water partition coefficient (Wildman–Crippen LogP) is 2.53. The van der Waals surface area contributed by atoms with Crippen LogP contribution in [-0.2, 0) is 0 Å². The third-order valence-electron chi connectivity index (χ3n) is 1.74. The van der Waals surface area contributed by atoms with Gasteiger partial charge in [0.1, 0.15) is 12.4 Å². The summed E-state index contributed by atoms with van der Waals surface area (Å²) in [4.78, 5) is 0. The van der Waals surface area contributed by atoms with Crippen LogP contribution in [-0.4, -0.2) is 6.61 Å². The zero-order valence-electron chi connectivity index (χ0n) is 8.08. The van der Waals surface area contributed by atoms with Crippen molar-refractivity contribution < 1.29 is 4.74 Å². The first kappa shape index (κ1) is 9.65. The summed E-state index contributed by atoms with van der Waals surface area (Å²) in [5, 5.41) is 0. The van der Waals surface area contributed by atoms with Crippen molar-refractivity contribution in [2.45, 2.75) is 13.8 Å². The quantitative estimate of drug-likeness (QED) is 0.568. The molecule has 2 N–H and O–H groups in total. The molecule has 0 heterocycles. The second-order valence-electron chi connectivity index (χ2n) is 2.92. The third-order valence-corrected chi connectivity index (χ3v) is 1.74. The SMILES string of the molecule is C/C=C/COc1ccc(C)cc1N. The van der Waals surface area contributed by atoms with Crippen molar-refractivity contribution in [1.29, 1.82) is 0 Å². The average molecular weight is 177 g/mol. The molecule has 0 bridgehead atoms. The Morgan fingerprint density at radius 2 is 2.23 bits per heavy atom. The van der Waals surface area contributed by atoms with E-state index in [2.05, 4.69) is 0 Å². The minimum atomic E-state index is 0.573. The molecule has 0 unspecified atom stereocenters. The molecule has 0 amide bonds. The van der Waals surface area contributed by atoms with E-state index >= 15 is 0 Å². The summed E-state index contributed by atoms with van der Waals surface area (Å²) in [5.74, 6) is 0.753. The van der Waals surface area contributed by atoms with Crippen LogP contribution in [0, 0.1) is 6.92 Å². The Bertz CT molecular complexity index is 305. The molecule has 0 aromatic heterocycles. The molecular formula is C11H15NO. The fourth-order valence-corrected chi connectivity index (χ4v) is 1.03. The molecule has 2 heteroatoms. The lowest BCUT2D eigenvalue weighted by Crippen LogP contribution is -1.97. The van der Waals surface area contributed by atoms with Crippen LogP contribution in [0.15, 0.2) is 30.4 Å². The topological polar surface area (TPSA) is 35.2 Å². The van der Waals surface area contributed by atoms with Crippen molar-refractivity contribution in [2.75, 3.05) is 12.3 Å². The van der Waals surface area contributed by atoms with E-state index in [-0.39, 0.29) is 0 Å². The van der Waals surface area contributed by atoms with Gasteiger partial charge in [-0.15, -0.1) is 0 Å². The van der Waals surface area contributed by atoms with Crippen molar-refractivity contribution in [3.63, 3.8) is 0 Å². The number of nitrogens with two attached hydrogens (primary N) is 1. The second-order valence-corrected chi connectivity index (χ2v) is 2.92. The number of ether oxygens (including phenoxy) is 1. The Morgan fingerprint density at radius 1 is 1.46 bits per heavy atom. The van der Waals surface area contributed by atoms with Crippen LogP contribution in [0.2, 0.25) is 0 Å². The van der Waals surface area contributed by atoms with E-state index in [0.717, 1.165) is 11.3 Å². The number of nitrogen functional groups attached to an aromatic ring is 1. The molecule has 0 saturated carbocycles. The van der Waals surface area contributed by atoms with Crippen LogP contribution in [0.4, 0.5) is 5.69 Å². The molecule has 70 valence electrons. The standard InChI is InChI=1S/C11H15NO/c1-3-4-7-13-11-6-5-9(2)8-10(11)12/h3-6,8H,7,12H2,1-2H3/b4-3+. The molecule has 0 fully saturated rings. The second kappa shape index (κ2) is 4.55. The molecule has 0 aliphatic carbocycles. The van der Waals surface area contributed by atoms with Crippen LogP contribution in [0.5, 0.6) is 5.75 Å². The molecule has 0 atom stereocenters. The first-order chi connectivity index (χ1) is 6.24. The number of hydrogen-bond acceptors (Lipinski definition) is 2. The lowest BCUT2D eigenvalue weighted by atomic mass is 10.2.